The lowest BCUT2D eigenvalue weighted by molar-refractivity contribution is 0.597. The van der Waals surface area contributed by atoms with Crippen molar-refractivity contribution in [1.29, 1.82) is 0 Å². The number of anilines is 1. The van der Waals surface area contributed by atoms with Crippen LogP contribution >= 0.6 is 0 Å². The first-order valence-electron chi connectivity index (χ1n) is 7.73. The fourth-order valence-corrected chi connectivity index (χ4v) is 3.25. The molecule has 0 fully saturated rings. The third kappa shape index (κ3) is 5.55. The molecule has 0 radical (unpaired) electrons. The number of rotatable bonds is 7. The molecule has 0 aromatic heterocycles. The molecule has 1 unspecified atom stereocenters. The molecule has 0 amide bonds. The summed E-state index contributed by atoms with van der Waals surface area (Å²) >= 11 is 0. The summed E-state index contributed by atoms with van der Waals surface area (Å²) in [5.74, 6) is 0. The number of primary sulfonamides is 1. The summed E-state index contributed by atoms with van der Waals surface area (Å²) in [6.07, 6.45) is 0. The number of nitrogens with zero attached hydrogens (tertiary/aromatic N) is 1. The zero-order valence-corrected chi connectivity index (χ0v) is 15.8. The van der Waals surface area contributed by atoms with Crippen molar-refractivity contribution in [3.63, 3.8) is 0 Å². The molecule has 2 N–H and O–H groups in total. The van der Waals surface area contributed by atoms with E-state index in [-0.39, 0.29) is 4.90 Å². The van der Waals surface area contributed by atoms with Crippen LogP contribution in [0.5, 0.6) is 0 Å². The van der Waals surface area contributed by atoms with E-state index in [1.54, 1.807) is 19.1 Å². The van der Waals surface area contributed by atoms with Gasteiger partial charge < -0.3 is 4.90 Å². The standard InChI is InChI=1S/C17H22N2O4S2/c1-13-3-5-15(6-4-13)12-19(11-14(2)24(20)21)16-7-9-17(10-8-16)25(18,22)23/h3-10,14,24H,11-12H2,1-2H3,(H2,18,22,23). The Kier molecular flexibility index (Phi) is 6.21. The minimum absolute atomic E-state index is 0.0227. The van der Waals surface area contributed by atoms with Crippen molar-refractivity contribution in [2.45, 2.75) is 30.5 Å². The molecule has 0 spiro atoms. The van der Waals surface area contributed by atoms with Crippen LogP contribution in [0.25, 0.3) is 0 Å². The van der Waals surface area contributed by atoms with Gasteiger partial charge in [-0.2, -0.15) is 0 Å². The van der Waals surface area contributed by atoms with Crippen molar-refractivity contribution in [2.75, 3.05) is 11.4 Å². The second-order valence-electron chi connectivity index (χ2n) is 6.04. The Bertz CT molecular complexity index is 881. The third-order valence-electron chi connectivity index (χ3n) is 3.87. The first-order chi connectivity index (χ1) is 11.7. The first-order valence-corrected chi connectivity index (χ1v) is 10.5. The van der Waals surface area contributed by atoms with E-state index in [4.69, 9.17) is 5.14 Å². The van der Waals surface area contributed by atoms with E-state index in [1.165, 1.54) is 12.1 Å². The van der Waals surface area contributed by atoms with Crippen molar-refractivity contribution >= 4 is 26.4 Å². The van der Waals surface area contributed by atoms with Gasteiger partial charge in [0.25, 0.3) is 0 Å². The van der Waals surface area contributed by atoms with Crippen molar-refractivity contribution in [1.82, 2.24) is 0 Å². The molecular formula is C17H22N2O4S2. The highest BCUT2D eigenvalue weighted by atomic mass is 32.2. The Morgan fingerprint density at radius 2 is 1.60 bits per heavy atom. The summed E-state index contributed by atoms with van der Waals surface area (Å²) in [6.45, 7) is 4.47. The van der Waals surface area contributed by atoms with Gasteiger partial charge in [0.05, 0.1) is 10.1 Å². The van der Waals surface area contributed by atoms with Crippen molar-refractivity contribution < 1.29 is 16.8 Å². The van der Waals surface area contributed by atoms with E-state index < -0.39 is 26.0 Å². The largest absolute Gasteiger partial charge is 0.366 e. The van der Waals surface area contributed by atoms with Crippen molar-refractivity contribution in [3.05, 3.63) is 59.7 Å². The molecule has 0 aliphatic carbocycles. The van der Waals surface area contributed by atoms with Gasteiger partial charge in [0.2, 0.25) is 10.0 Å². The average molecular weight is 383 g/mol. The van der Waals surface area contributed by atoms with Crippen molar-refractivity contribution in [3.8, 4) is 0 Å². The minimum Gasteiger partial charge on any atom is -0.366 e. The van der Waals surface area contributed by atoms with E-state index >= 15 is 0 Å². The molecule has 25 heavy (non-hydrogen) atoms. The Morgan fingerprint density at radius 3 is 2.08 bits per heavy atom. The molecule has 6 nitrogen and oxygen atoms in total. The van der Waals surface area contributed by atoms with Crippen LogP contribution in [0.1, 0.15) is 18.1 Å². The van der Waals surface area contributed by atoms with Gasteiger partial charge >= 0.3 is 0 Å². The van der Waals surface area contributed by atoms with Gasteiger partial charge in [-0.15, -0.1) is 0 Å². The molecule has 2 rings (SSSR count). The lowest BCUT2D eigenvalue weighted by atomic mass is 10.1. The normalized spacial score (nSPS) is 13.0. The second-order valence-corrected chi connectivity index (χ2v) is 9.05. The van der Waals surface area contributed by atoms with Gasteiger partial charge in [0, 0.05) is 18.8 Å². The number of nitrogens with two attached hydrogens (primary N) is 1. The zero-order chi connectivity index (χ0) is 18.6. The summed E-state index contributed by atoms with van der Waals surface area (Å²) in [4.78, 5) is 1.93. The lowest BCUT2D eigenvalue weighted by Gasteiger charge is -2.26. The predicted molar refractivity (Wildman–Crippen MR) is 99.8 cm³/mol. The van der Waals surface area contributed by atoms with Gasteiger partial charge in [-0.1, -0.05) is 29.8 Å². The smallest absolute Gasteiger partial charge is 0.238 e. The summed E-state index contributed by atoms with van der Waals surface area (Å²) < 4.78 is 45.3. The molecule has 2 aromatic rings. The highest BCUT2D eigenvalue weighted by Gasteiger charge is 2.15. The summed E-state index contributed by atoms with van der Waals surface area (Å²) in [5, 5.41) is 4.59. The monoisotopic (exact) mass is 382 g/mol. The first kappa shape index (κ1) is 19.4. The quantitative estimate of drug-likeness (QED) is 0.710. The van der Waals surface area contributed by atoms with E-state index in [0.717, 1.165) is 16.8 Å². The number of sulfonamides is 1. The molecule has 136 valence electrons. The van der Waals surface area contributed by atoms with Crippen LogP contribution in [0, 0.1) is 6.92 Å². The molecule has 0 saturated carbocycles. The maximum absolute atomic E-state index is 11.4. The summed E-state index contributed by atoms with van der Waals surface area (Å²) in [5.41, 5.74) is 2.91. The van der Waals surface area contributed by atoms with Crippen molar-refractivity contribution in [2.24, 2.45) is 5.14 Å². The van der Waals surface area contributed by atoms with Crippen LogP contribution in [0.15, 0.2) is 53.4 Å². The van der Waals surface area contributed by atoms with Gasteiger partial charge in [0.1, 0.15) is 10.7 Å². The Hall–Kier alpha value is -1.90. The van der Waals surface area contributed by atoms with Gasteiger partial charge in [0.15, 0.2) is 0 Å². The van der Waals surface area contributed by atoms with Crippen LogP contribution in [-0.4, -0.2) is 28.6 Å². The fraction of sp³-hybridized carbons (Fsp3) is 0.294. The molecule has 0 heterocycles. The van der Waals surface area contributed by atoms with E-state index in [0.29, 0.717) is 13.1 Å². The summed E-state index contributed by atoms with van der Waals surface area (Å²) in [6, 6.07) is 14.1. The van der Waals surface area contributed by atoms with E-state index in [9.17, 15) is 16.8 Å². The zero-order valence-electron chi connectivity index (χ0n) is 14.1. The molecule has 0 aliphatic heterocycles. The van der Waals surface area contributed by atoms with Crippen LogP contribution in [0.3, 0.4) is 0 Å². The van der Waals surface area contributed by atoms with Gasteiger partial charge in [-0.3, -0.25) is 0 Å². The number of hydrogen-bond acceptors (Lipinski definition) is 5. The number of hydrogen-bond donors (Lipinski definition) is 2. The number of thiol groups is 1. The maximum atomic E-state index is 11.4. The molecule has 0 saturated heterocycles. The molecule has 1 atom stereocenters. The Morgan fingerprint density at radius 1 is 1.04 bits per heavy atom. The van der Waals surface area contributed by atoms with E-state index in [2.05, 4.69) is 0 Å². The fourth-order valence-electron chi connectivity index (χ4n) is 2.41. The molecule has 8 heteroatoms. The lowest BCUT2D eigenvalue weighted by Crippen LogP contribution is -2.31. The third-order valence-corrected chi connectivity index (χ3v) is 5.68. The molecule has 2 aromatic carbocycles. The topological polar surface area (TPSA) is 97.5 Å². The molecule has 0 bridgehead atoms. The van der Waals surface area contributed by atoms with E-state index in [1.807, 2.05) is 36.1 Å². The molecule has 0 aliphatic rings. The average Bonchev–Trinajstić information content (AvgIpc) is 2.55. The minimum atomic E-state index is -3.76. The molecular weight excluding hydrogens is 360 g/mol. The van der Waals surface area contributed by atoms with Crippen LogP contribution in [0.2, 0.25) is 0 Å². The number of benzene rings is 2. The van der Waals surface area contributed by atoms with Crippen LogP contribution < -0.4 is 10.0 Å². The van der Waals surface area contributed by atoms with Crippen LogP contribution in [0.4, 0.5) is 5.69 Å². The highest BCUT2D eigenvalue weighted by Crippen LogP contribution is 2.20. The van der Waals surface area contributed by atoms with Crippen LogP contribution in [-0.2, 0) is 27.3 Å². The van der Waals surface area contributed by atoms with Gasteiger partial charge in [-0.25, -0.2) is 22.0 Å². The summed E-state index contributed by atoms with van der Waals surface area (Å²) in [7, 11) is -6.31. The Balaban J connectivity index is 2.31. The SMILES string of the molecule is Cc1ccc(CN(CC(C)[SH](=O)=O)c2ccc(S(N)(=O)=O)cc2)cc1. The maximum Gasteiger partial charge on any atom is 0.238 e. The second kappa shape index (κ2) is 7.99. The highest BCUT2D eigenvalue weighted by molar-refractivity contribution is 7.89. The number of aryl methyl sites for hydroxylation is 1. The predicted octanol–water partition coefficient (Wildman–Crippen LogP) is 1.65. The Labute approximate surface area is 150 Å². The van der Waals surface area contributed by atoms with Gasteiger partial charge in [-0.05, 0) is 43.7 Å².